The van der Waals surface area contributed by atoms with E-state index >= 15 is 0 Å². The Balaban J connectivity index is 1.16. The molecule has 8 rings (SSSR count). The van der Waals surface area contributed by atoms with Crippen LogP contribution >= 0.6 is 23.1 Å². The highest BCUT2D eigenvalue weighted by Gasteiger charge is 2.69. The molecule has 4 aromatic rings. The van der Waals surface area contributed by atoms with Crippen molar-refractivity contribution in [3.63, 3.8) is 0 Å². The molecule has 1 aromatic heterocycles. The molecule has 7 atom stereocenters. The number of amides is 3. The Labute approximate surface area is 277 Å². The summed E-state index contributed by atoms with van der Waals surface area (Å²) in [5, 5.41) is 12.6. The number of carbonyl (C=O) groups is 4. The summed E-state index contributed by atoms with van der Waals surface area (Å²) in [4.78, 5) is 67.9. The van der Waals surface area contributed by atoms with E-state index in [-0.39, 0.29) is 57.7 Å². The van der Waals surface area contributed by atoms with Crippen LogP contribution in [0.5, 0.6) is 5.75 Å². The summed E-state index contributed by atoms with van der Waals surface area (Å²) in [5.41, 5.74) is 2.12. The van der Waals surface area contributed by atoms with Gasteiger partial charge in [0.05, 0.1) is 35.2 Å². The Morgan fingerprint density at radius 3 is 2.26 bits per heavy atom. The zero-order chi connectivity index (χ0) is 32.6. The summed E-state index contributed by atoms with van der Waals surface area (Å²) in [6, 6.07) is 22.7. The van der Waals surface area contributed by atoms with Gasteiger partial charge in [0.1, 0.15) is 12.3 Å². The van der Waals surface area contributed by atoms with Crippen LogP contribution in [0.15, 0.2) is 88.7 Å². The number of carbonyl (C=O) groups excluding carboxylic acids is 3. The number of carboxylic acid groups (broad SMARTS) is 1. The van der Waals surface area contributed by atoms with Crippen LogP contribution in [0.1, 0.15) is 33.1 Å². The van der Waals surface area contributed by atoms with Crippen molar-refractivity contribution >= 4 is 58.2 Å². The second-order valence-electron chi connectivity index (χ2n) is 12.4. The van der Waals surface area contributed by atoms with Crippen molar-refractivity contribution in [2.24, 2.45) is 29.6 Å². The molecular formula is C35H29N3O7S2. The zero-order valence-electron chi connectivity index (χ0n) is 25.1. The molecular weight excluding hydrogens is 639 g/mol. The van der Waals surface area contributed by atoms with Gasteiger partial charge in [0.25, 0.3) is 0 Å². The van der Waals surface area contributed by atoms with Crippen LogP contribution in [-0.4, -0.2) is 45.7 Å². The number of hydrogen-bond acceptors (Lipinski definition) is 8. The molecule has 0 spiro atoms. The van der Waals surface area contributed by atoms with Gasteiger partial charge < -0.3 is 15.2 Å². The standard InChI is InChI=1S/C35H29N3O7S2/c1-45-21-13-9-17(10-14-21)25-26-22-15-23(28-27(22)31(40)38(32(28)41)20-5-3-2-4-6-20)29(26)46-33-30(25)47-35(44)37(33)16-24(39)36-19-11-7-18(8-12-19)34(42)43/h2-14,22-23,25-29H,15-16H2,1H3,(H,36,39)(H,42,43). The number of benzene rings is 3. The maximum atomic E-state index is 14.0. The molecule has 3 heterocycles. The van der Waals surface area contributed by atoms with Gasteiger partial charge in [-0.2, -0.15) is 0 Å². The molecule has 47 heavy (non-hydrogen) atoms. The smallest absolute Gasteiger partial charge is 0.335 e. The Hall–Kier alpha value is -4.68. The van der Waals surface area contributed by atoms with Crippen molar-refractivity contribution in [3.05, 3.63) is 105 Å². The van der Waals surface area contributed by atoms with Crippen LogP contribution in [0.25, 0.3) is 0 Å². The summed E-state index contributed by atoms with van der Waals surface area (Å²) < 4.78 is 6.93. The summed E-state index contributed by atoms with van der Waals surface area (Å²) in [6.45, 7) is -0.218. The lowest BCUT2D eigenvalue weighted by Crippen LogP contribution is -2.43. The van der Waals surface area contributed by atoms with Crippen molar-refractivity contribution in [2.45, 2.75) is 29.2 Å². The Kier molecular flexibility index (Phi) is 7.10. The molecule has 4 aliphatic rings. The SMILES string of the molecule is COc1ccc(C2c3sc(=O)n(CC(=O)Nc4ccc(C(=O)O)cc4)c3SC3C4CC(C5C(=O)N(c6ccccc6)C(=O)C45)C23)cc1. The highest BCUT2D eigenvalue weighted by Crippen LogP contribution is 2.69. The third kappa shape index (κ3) is 4.64. The van der Waals surface area contributed by atoms with Gasteiger partial charge in [-0.3, -0.25) is 28.6 Å². The number of rotatable bonds is 7. The molecule has 10 nitrogen and oxygen atoms in total. The predicted molar refractivity (Wildman–Crippen MR) is 176 cm³/mol. The van der Waals surface area contributed by atoms with Crippen LogP contribution in [0.2, 0.25) is 0 Å². The van der Waals surface area contributed by atoms with Crippen LogP contribution in [0, 0.1) is 29.6 Å². The van der Waals surface area contributed by atoms with E-state index in [9.17, 15) is 29.1 Å². The van der Waals surface area contributed by atoms with Crippen LogP contribution in [0.4, 0.5) is 11.4 Å². The van der Waals surface area contributed by atoms with E-state index in [1.165, 1.54) is 33.7 Å². The Morgan fingerprint density at radius 1 is 0.915 bits per heavy atom. The molecule has 2 N–H and O–H groups in total. The minimum atomic E-state index is -1.07. The third-order valence-electron chi connectivity index (χ3n) is 10.2. The Bertz CT molecular complexity index is 1990. The maximum Gasteiger partial charge on any atom is 0.335 e. The van der Waals surface area contributed by atoms with Crippen molar-refractivity contribution in [2.75, 3.05) is 17.3 Å². The molecule has 0 radical (unpaired) electrons. The Morgan fingerprint density at radius 2 is 1.60 bits per heavy atom. The van der Waals surface area contributed by atoms with Crippen LogP contribution < -0.4 is 19.8 Å². The highest BCUT2D eigenvalue weighted by molar-refractivity contribution is 8.00. The minimum Gasteiger partial charge on any atom is -0.497 e. The average molecular weight is 668 g/mol. The van der Waals surface area contributed by atoms with Crippen molar-refractivity contribution in [1.29, 1.82) is 0 Å². The fourth-order valence-corrected chi connectivity index (χ4v) is 11.5. The number of aromatic nitrogens is 1. The molecule has 12 heteroatoms. The van der Waals surface area contributed by atoms with Crippen LogP contribution in [-0.2, 0) is 20.9 Å². The number of methoxy groups -OCH3 is 1. The number of aromatic carboxylic acids is 1. The molecule has 2 aliphatic heterocycles. The van der Waals surface area contributed by atoms with Gasteiger partial charge in [-0.1, -0.05) is 41.7 Å². The fraction of sp³-hybridized carbons (Fsp3) is 0.286. The van der Waals surface area contributed by atoms with Gasteiger partial charge in [-0.25, -0.2) is 4.79 Å². The first kappa shape index (κ1) is 29.7. The van der Waals surface area contributed by atoms with E-state index in [0.29, 0.717) is 17.1 Å². The number of thiazole rings is 1. The monoisotopic (exact) mass is 667 g/mol. The van der Waals surface area contributed by atoms with Gasteiger partial charge in [0.2, 0.25) is 17.7 Å². The first-order valence-electron chi connectivity index (χ1n) is 15.4. The molecule has 2 saturated carbocycles. The lowest BCUT2D eigenvalue weighted by Gasteiger charge is -2.43. The highest BCUT2D eigenvalue weighted by atomic mass is 32.2. The number of para-hydroxylation sites is 1. The summed E-state index contributed by atoms with van der Waals surface area (Å²) in [5.74, 6) is -2.15. The second-order valence-corrected chi connectivity index (χ2v) is 14.6. The van der Waals surface area contributed by atoms with E-state index in [1.807, 2.05) is 42.5 Å². The molecule has 2 bridgehead atoms. The number of nitrogens with zero attached hydrogens (tertiary/aromatic N) is 2. The number of carboxylic acids is 1. The molecule has 1 saturated heterocycles. The largest absolute Gasteiger partial charge is 0.497 e. The topological polar surface area (TPSA) is 135 Å². The average Bonchev–Trinajstić information content (AvgIpc) is 3.80. The van der Waals surface area contributed by atoms with E-state index in [1.54, 1.807) is 31.0 Å². The maximum absolute atomic E-state index is 14.0. The molecule has 238 valence electrons. The number of hydrogen-bond donors (Lipinski definition) is 2. The molecule has 3 amide bonds. The number of nitrogens with one attached hydrogen (secondary N) is 1. The van der Waals surface area contributed by atoms with Gasteiger partial charge in [-0.05, 0) is 78.3 Å². The lowest BCUT2D eigenvalue weighted by atomic mass is 9.68. The van der Waals surface area contributed by atoms with Crippen molar-refractivity contribution < 1.29 is 29.0 Å². The van der Waals surface area contributed by atoms with Gasteiger partial charge >= 0.3 is 10.8 Å². The molecule has 2 aliphatic carbocycles. The van der Waals surface area contributed by atoms with Crippen molar-refractivity contribution in [1.82, 2.24) is 4.57 Å². The van der Waals surface area contributed by atoms with Crippen LogP contribution in [0.3, 0.4) is 0 Å². The normalized spacial score (nSPS) is 26.9. The molecule has 3 aromatic carbocycles. The zero-order valence-corrected chi connectivity index (χ0v) is 26.7. The molecule has 7 unspecified atom stereocenters. The lowest BCUT2D eigenvalue weighted by molar-refractivity contribution is -0.123. The second kappa shape index (κ2) is 11.2. The number of anilines is 2. The first-order valence-corrected chi connectivity index (χ1v) is 17.0. The minimum absolute atomic E-state index is 0.0210. The van der Waals surface area contributed by atoms with Crippen molar-refractivity contribution in [3.8, 4) is 5.75 Å². The molecule has 3 fully saturated rings. The fourth-order valence-electron chi connectivity index (χ4n) is 8.31. The van der Waals surface area contributed by atoms with E-state index in [4.69, 9.17) is 4.74 Å². The quantitative estimate of drug-likeness (QED) is 0.265. The summed E-state index contributed by atoms with van der Waals surface area (Å²) in [6.07, 6.45) is 0.760. The van der Waals surface area contributed by atoms with E-state index < -0.39 is 23.7 Å². The third-order valence-corrected chi connectivity index (χ3v) is 12.9. The number of thioether (sulfide) groups is 1. The van der Waals surface area contributed by atoms with E-state index in [0.717, 1.165) is 33.2 Å². The predicted octanol–water partition coefficient (Wildman–Crippen LogP) is 4.93. The number of imide groups is 1. The van der Waals surface area contributed by atoms with Gasteiger partial charge in [0, 0.05) is 21.7 Å². The first-order chi connectivity index (χ1) is 22.7. The summed E-state index contributed by atoms with van der Waals surface area (Å²) >= 11 is 2.70. The van der Waals surface area contributed by atoms with Gasteiger partial charge in [0.15, 0.2) is 0 Å². The van der Waals surface area contributed by atoms with Gasteiger partial charge in [-0.15, -0.1) is 11.8 Å². The summed E-state index contributed by atoms with van der Waals surface area (Å²) in [7, 11) is 1.61. The number of ether oxygens (including phenoxy) is 1. The van der Waals surface area contributed by atoms with E-state index in [2.05, 4.69) is 5.32 Å². The number of fused-ring (bicyclic) bond motifs is 9.